The molecular formula is C25H26N2O5. The summed E-state index contributed by atoms with van der Waals surface area (Å²) in [6.07, 6.45) is -0.639. The number of ether oxygens (including phenoxy) is 1. The molecule has 0 fully saturated rings. The van der Waals surface area contributed by atoms with Gasteiger partial charge in [-0.15, -0.1) is 0 Å². The first-order valence-corrected chi connectivity index (χ1v) is 10.3. The summed E-state index contributed by atoms with van der Waals surface area (Å²) < 4.78 is 5.39. The van der Waals surface area contributed by atoms with E-state index >= 15 is 0 Å². The van der Waals surface area contributed by atoms with Gasteiger partial charge in [0.15, 0.2) is 0 Å². The normalized spacial score (nSPS) is 13.1. The van der Waals surface area contributed by atoms with E-state index in [2.05, 4.69) is 34.6 Å². The first-order valence-electron chi connectivity index (χ1n) is 10.3. The van der Waals surface area contributed by atoms with Gasteiger partial charge in [-0.2, -0.15) is 0 Å². The third kappa shape index (κ3) is 5.27. The van der Waals surface area contributed by atoms with Crippen LogP contribution < -0.4 is 10.6 Å². The number of benzene rings is 2. The molecule has 0 bridgehead atoms. The number of hydrogen-bond acceptors (Lipinski definition) is 4. The van der Waals surface area contributed by atoms with E-state index in [9.17, 15) is 19.5 Å². The molecule has 166 valence electrons. The topological polar surface area (TPSA) is 105 Å². The van der Waals surface area contributed by atoms with Crippen LogP contribution in [-0.4, -0.2) is 42.3 Å². The van der Waals surface area contributed by atoms with Gasteiger partial charge in [-0.3, -0.25) is 4.79 Å². The van der Waals surface area contributed by atoms with Gasteiger partial charge in [0.2, 0.25) is 0 Å². The molecule has 32 heavy (non-hydrogen) atoms. The lowest BCUT2D eigenvalue weighted by molar-refractivity contribution is -0.144. The molecule has 0 spiro atoms. The number of fused-ring (bicyclic) bond motifs is 3. The SMILES string of the molecule is CC(C)(C)[C@H](NC(=O)C#CCNC(=O)OCC1c2ccccc2-c2ccccc21)C(=O)O. The molecule has 2 aromatic rings. The predicted octanol–water partition coefficient (Wildman–Crippen LogP) is 3.14. The number of carbonyl (C=O) groups excluding carboxylic acids is 2. The summed E-state index contributed by atoms with van der Waals surface area (Å²) in [7, 11) is 0. The van der Waals surface area contributed by atoms with Crippen molar-refractivity contribution in [1.82, 2.24) is 10.6 Å². The first-order chi connectivity index (χ1) is 15.2. The van der Waals surface area contributed by atoms with E-state index in [1.165, 1.54) is 0 Å². The van der Waals surface area contributed by atoms with Gasteiger partial charge in [0.1, 0.15) is 12.6 Å². The van der Waals surface area contributed by atoms with E-state index in [-0.39, 0.29) is 19.1 Å². The molecule has 7 heteroatoms. The Morgan fingerprint density at radius 3 is 2.12 bits per heavy atom. The van der Waals surface area contributed by atoms with Crippen LogP contribution in [0.3, 0.4) is 0 Å². The average molecular weight is 434 g/mol. The second-order valence-electron chi connectivity index (χ2n) is 8.59. The molecule has 2 aromatic carbocycles. The summed E-state index contributed by atoms with van der Waals surface area (Å²) >= 11 is 0. The Labute approximate surface area is 187 Å². The molecule has 7 nitrogen and oxygen atoms in total. The Morgan fingerprint density at radius 1 is 1.03 bits per heavy atom. The highest BCUT2D eigenvalue weighted by molar-refractivity contribution is 5.96. The maximum atomic E-state index is 12.1. The zero-order chi connectivity index (χ0) is 23.3. The van der Waals surface area contributed by atoms with Crippen LogP contribution in [0.15, 0.2) is 48.5 Å². The third-order valence-electron chi connectivity index (χ3n) is 5.26. The lowest BCUT2D eigenvalue weighted by atomic mass is 9.87. The molecule has 0 aromatic heterocycles. The molecule has 3 N–H and O–H groups in total. The number of rotatable bonds is 5. The van der Waals surface area contributed by atoms with Gasteiger partial charge in [0.25, 0.3) is 5.91 Å². The average Bonchev–Trinajstić information content (AvgIpc) is 3.06. The molecule has 0 heterocycles. The molecule has 3 rings (SSSR count). The van der Waals surface area contributed by atoms with Gasteiger partial charge >= 0.3 is 12.1 Å². The van der Waals surface area contributed by atoms with E-state index in [1.807, 2.05) is 36.4 Å². The molecule has 0 unspecified atom stereocenters. The Hall–Kier alpha value is -3.79. The number of hydrogen-bond donors (Lipinski definition) is 3. The monoisotopic (exact) mass is 434 g/mol. The standard InChI is InChI=1S/C25H26N2O5/c1-25(2,3)22(23(29)30)27-21(28)13-8-14-26-24(31)32-15-20-18-11-6-4-9-16(18)17-10-5-7-12-19(17)20/h4-7,9-12,20,22H,14-15H2,1-3H3,(H,26,31)(H,27,28)(H,29,30)/t22-/m1/s1. The van der Waals surface area contributed by atoms with Crippen molar-refractivity contribution < 1.29 is 24.2 Å². The number of carboxylic acids is 1. The van der Waals surface area contributed by atoms with Crippen LogP contribution in [-0.2, 0) is 14.3 Å². The summed E-state index contributed by atoms with van der Waals surface area (Å²) in [5, 5.41) is 14.1. The summed E-state index contributed by atoms with van der Waals surface area (Å²) in [5.41, 5.74) is 3.85. The van der Waals surface area contributed by atoms with Crippen LogP contribution >= 0.6 is 0 Å². The van der Waals surface area contributed by atoms with Crippen molar-refractivity contribution in [2.24, 2.45) is 5.41 Å². The Bertz CT molecular complexity index is 1050. The van der Waals surface area contributed by atoms with Crippen molar-refractivity contribution >= 4 is 18.0 Å². The highest BCUT2D eigenvalue weighted by atomic mass is 16.5. The van der Waals surface area contributed by atoms with Crippen molar-refractivity contribution in [3.63, 3.8) is 0 Å². The van der Waals surface area contributed by atoms with Gasteiger partial charge in [-0.25, -0.2) is 9.59 Å². The molecule has 1 atom stereocenters. The second kappa shape index (κ2) is 9.56. The molecule has 0 saturated heterocycles. The van der Waals surface area contributed by atoms with Crippen molar-refractivity contribution in [2.75, 3.05) is 13.2 Å². The van der Waals surface area contributed by atoms with Crippen LogP contribution in [0.1, 0.15) is 37.8 Å². The smallest absolute Gasteiger partial charge is 0.407 e. The van der Waals surface area contributed by atoms with E-state index in [4.69, 9.17) is 4.74 Å². The summed E-state index contributed by atoms with van der Waals surface area (Å²) in [6, 6.07) is 15.0. The van der Waals surface area contributed by atoms with Gasteiger partial charge in [0.05, 0.1) is 6.54 Å². The molecule has 0 radical (unpaired) electrons. The summed E-state index contributed by atoms with van der Waals surface area (Å²) in [4.78, 5) is 35.3. The predicted molar refractivity (Wildman–Crippen MR) is 120 cm³/mol. The number of carboxylic acid groups (broad SMARTS) is 1. The fourth-order valence-corrected chi connectivity index (χ4v) is 3.71. The summed E-state index contributed by atoms with van der Waals surface area (Å²) in [6.45, 7) is 5.20. The third-order valence-corrected chi connectivity index (χ3v) is 5.26. The Morgan fingerprint density at radius 2 is 1.59 bits per heavy atom. The Balaban J connectivity index is 1.51. The largest absolute Gasteiger partial charge is 0.480 e. The lowest BCUT2D eigenvalue weighted by Gasteiger charge is -2.26. The molecular weight excluding hydrogens is 408 g/mol. The zero-order valence-corrected chi connectivity index (χ0v) is 18.3. The van der Waals surface area contributed by atoms with E-state index in [0.717, 1.165) is 22.3 Å². The van der Waals surface area contributed by atoms with Crippen LogP contribution in [0.25, 0.3) is 11.1 Å². The van der Waals surface area contributed by atoms with Crippen molar-refractivity contribution in [1.29, 1.82) is 0 Å². The number of amides is 2. The minimum atomic E-state index is -1.13. The van der Waals surface area contributed by atoms with Crippen LogP contribution in [0, 0.1) is 17.3 Å². The van der Waals surface area contributed by atoms with Gasteiger partial charge < -0.3 is 20.5 Å². The zero-order valence-electron chi connectivity index (χ0n) is 18.3. The van der Waals surface area contributed by atoms with Crippen molar-refractivity contribution in [3.05, 3.63) is 59.7 Å². The van der Waals surface area contributed by atoms with E-state index in [1.54, 1.807) is 20.8 Å². The van der Waals surface area contributed by atoms with Crippen molar-refractivity contribution in [3.8, 4) is 23.0 Å². The van der Waals surface area contributed by atoms with Crippen LogP contribution in [0.5, 0.6) is 0 Å². The fourth-order valence-electron chi connectivity index (χ4n) is 3.71. The number of aliphatic carboxylic acids is 1. The van der Waals surface area contributed by atoms with Gasteiger partial charge in [-0.1, -0.05) is 75.2 Å². The minimum Gasteiger partial charge on any atom is -0.480 e. The van der Waals surface area contributed by atoms with Gasteiger partial charge in [-0.05, 0) is 33.6 Å². The minimum absolute atomic E-state index is 0.0460. The van der Waals surface area contributed by atoms with Crippen molar-refractivity contribution in [2.45, 2.75) is 32.7 Å². The molecule has 2 amide bonds. The second-order valence-corrected chi connectivity index (χ2v) is 8.59. The first kappa shape index (κ1) is 22.9. The molecule has 0 saturated carbocycles. The van der Waals surface area contributed by atoms with E-state index in [0.29, 0.717) is 0 Å². The Kier molecular flexibility index (Phi) is 6.84. The summed E-state index contributed by atoms with van der Waals surface area (Å²) in [5.74, 6) is 2.89. The van der Waals surface area contributed by atoms with Crippen LogP contribution in [0.2, 0.25) is 0 Å². The van der Waals surface area contributed by atoms with Crippen LogP contribution in [0.4, 0.5) is 4.79 Å². The molecule has 0 aliphatic heterocycles. The quantitative estimate of drug-likeness (QED) is 0.627. The highest BCUT2D eigenvalue weighted by Gasteiger charge is 2.32. The van der Waals surface area contributed by atoms with Gasteiger partial charge in [0, 0.05) is 5.92 Å². The molecule has 1 aliphatic rings. The lowest BCUT2D eigenvalue weighted by Crippen LogP contribution is -2.48. The fraction of sp³-hybridized carbons (Fsp3) is 0.320. The number of carbonyl (C=O) groups is 3. The number of nitrogens with one attached hydrogen (secondary N) is 2. The number of alkyl carbamates (subject to hydrolysis) is 1. The highest BCUT2D eigenvalue weighted by Crippen LogP contribution is 2.44. The van der Waals surface area contributed by atoms with E-state index < -0.39 is 29.4 Å². The maximum Gasteiger partial charge on any atom is 0.407 e. The molecule has 1 aliphatic carbocycles. The maximum absolute atomic E-state index is 12.1.